The van der Waals surface area contributed by atoms with Crippen LogP contribution >= 0.6 is 0 Å². The van der Waals surface area contributed by atoms with E-state index in [1.165, 1.54) is 12.5 Å². The number of nitrogens with one attached hydrogen (secondary N) is 1. The molecule has 2 nitrogen and oxygen atoms in total. The summed E-state index contributed by atoms with van der Waals surface area (Å²) in [6.07, 6.45) is 1.22. The monoisotopic (exact) mass is 264 g/mol. The molecule has 0 spiro atoms. The third kappa shape index (κ3) is 4.02. The summed E-state index contributed by atoms with van der Waals surface area (Å²) in [4.78, 5) is 2.45. The van der Waals surface area contributed by atoms with Gasteiger partial charge in [-0.2, -0.15) is 0 Å². The van der Waals surface area contributed by atoms with Gasteiger partial charge in [0.15, 0.2) is 0 Å². The predicted molar refractivity (Wildman–Crippen MR) is 77.5 cm³/mol. The molecule has 1 heterocycles. The summed E-state index contributed by atoms with van der Waals surface area (Å²) in [7, 11) is 0. The van der Waals surface area contributed by atoms with Gasteiger partial charge in [-0.15, -0.1) is 0 Å². The highest BCUT2D eigenvalue weighted by Gasteiger charge is 2.31. The van der Waals surface area contributed by atoms with E-state index in [0.717, 1.165) is 31.7 Å². The molecule has 1 saturated heterocycles. The van der Waals surface area contributed by atoms with Gasteiger partial charge in [0.05, 0.1) is 0 Å². The van der Waals surface area contributed by atoms with Crippen molar-refractivity contribution < 1.29 is 4.39 Å². The lowest BCUT2D eigenvalue weighted by Crippen LogP contribution is -2.40. The molecule has 3 heteroatoms. The minimum Gasteiger partial charge on any atom is -0.316 e. The van der Waals surface area contributed by atoms with Gasteiger partial charge in [-0.05, 0) is 49.9 Å². The lowest BCUT2D eigenvalue weighted by atomic mass is 9.88. The van der Waals surface area contributed by atoms with E-state index in [-0.39, 0.29) is 5.82 Å². The van der Waals surface area contributed by atoms with Crippen LogP contribution in [-0.4, -0.2) is 30.6 Å². The molecule has 1 fully saturated rings. The number of benzene rings is 1. The van der Waals surface area contributed by atoms with Gasteiger partial charge < -0.3 is 5.32 Å². The average Bonchev–Trinajstić information content (AvgIpc) is 2.75. The Morgan fingerprint density at radius 3 is 2.79 bits per heavy atom. The molecule has 1 aromatic carbocycles. The Bertz CT molecular complexity index is 411. The van der Waals surface area contributed by atoms with Crippen molar-refractivity contribution in [3.05, 3.63) is 35.6 Å². The van der Waals surface area contributed by atoms with Crippen LogP contribution in [0, 0.1) is 11.2 Å². The number of rotatable bonds is 5. The van der Waals surface area contributed by atoms with E-state index in [2.05, 4.69) is 31.0 Å². The molecular weight excluding hydrogens is 239 g/mol. The minimum atomic E-state index is -0.144. The molecule has 0 bridgehead atoms. The second-order valence-corrected chi connectivity index (χ2v) is 6.37. The van der Waals surface area contributed by atoms with Crippen molar-refractivity contribution in [3.8, 4) is 0 Å². The van der Waals surface area contributed by atoms with Crippen LogP contribution in [0.3, 0.4) is 0 Å². The van der Waals surface area contributed by atoms with Crippen LogP contribution < -0.4 is 5.32 Å². The zero-order valence-corrected chi connectivity index (χ0v) is 12.2. The smallest absolute Gasteiger partial charge is 0.123 e. The van der Waals surface area contributed by atoms with Crippen molar-refractivity contribution in [2.45, 2.75) is 39.8 Å². The Hall–Kier alpha value is -0.930. The Morgan fingerprint density at radius 1 is 1.42 bits per heavy atom. The zero-order chi connectivity index (χ0) is 13.9. The largest absolute Gasteiger partial charge is 0.316 e. The molecule has 1 unspecified atom stereocenters. The molecule has 2 rings (SSSR count). The van der Waals surface area contributed by atoms with Crippen LogP contribution in [0.5, 0.6) is 0 Å². The molecule has 1 N–H and O–H groups in total. The Labute approximate surface area is 116 Å². The predicted octanol–water partition coefficient (Wildman–Crippen LogP) is 3.04. The van der Waals surface area contributed by atoms with Crippen molar-refractivity contribution in [3.63, 3.8) is 0 Å². The van der Waals surface area contributed by atoms with Crippen molar-refractivity contribution in [1.82, 2.24) is 10.2 Å². The highest BCUT2D eigenvalue weighted by atomic mass is 19.1. The van der Waals surface area contributed by atoms with Crippen LogP contribution in [0.4, 0.5) is 4.39 Å². The fraction of sp³-hybridized carbons (Fsp3) is 0.625. The number of hydrogen-bond donors (Lipinski definition) is 1. The average molecular weight is 264 g/mol. The first-order valence-corrected chi connectivity index (χ1v) is 7.18. The Kier molecular flexibility index (Phi) is 4.58. The van der Waals surface area contributed by atoms with Crippen LogP contribution in [0.2, 0.25) is 0 Å². The van der Waals surface area contributed by atoms with Gasteiger partial charge in [0, 0.05) is 25.7 Å². The quantitative estimate of drug-likeness (QED) is 0.879. The van der Waals surface area contributed by atoms with Crippen molar-refractivity contribution in [2.24, 2.45) is 5.41 Å². The van der Waals surface area contributed by atoms with Gasteiger partial charge in [0.25, 0.3) is 0 Å². The minimum absolute atomic E-state index is 0.144. The summed E-state index contributed by atoms with van der Waals surface area (Å²) in [5.41, 5.74) is 1.40. The fourth-order valence-electron chi connectivity index (χ4n) is 2.78. The lowest BCUT2D eigenvalue weighted by Gasteiger charge is -2.34. The van der Waals surface area contributed by atoms with E-state index >= 15 is 0 Å². The standard InChI is InChI=1S/C16H25FN2/c1-13(2)19(12-16(3)7-8-18-11-16)10-14-5-4-6-15(17)9-14/h4-6,9,13,18H,7-8,10-12H2,1-3H3. The summed E-state index contributed by atoms with van der Waals surface area (Å²) >= 11 is 0. The van der Waals surface area contributed by atoms with E-state index in [0.29, 0.717) is 11.5 Å². The molecule has 19 heavy (non-hydrogen) atoms. The first kappa shape index (κ1) is 14.5. The second kappa shape index (κ2) is 6.02. The maximum absolute atomic E-state index is 13.3. The highest BCUT2D eigenvalue weighted by Crippen LogP contribution is 2.27. The van der Waals surface area contributed by atoms with Crippen LogP contribution in [-0.2, 0) is 6.54 Å². The number of halogens is 1. The molecule has 0 amide bonds. The van der Waals surface area contributed by atoms with Gasteiger partial charge in [0.1, 0.15) is 5.82 Å². The molecule has 1 aliphatic rings. The molecule has 0 aromatic heterocycles. The number of hydrogen-bond acceptors (Lipinski definition) is 2. The summed E-state index contributed by atoms with van der Waals surface area (Å²) in [6, 6.07) is 7.42. The van der Waals surface area contributed by atoms with Gasteiger partial charge in [-0.3, -0.25) is 4.90 Å². The first-order valence-electron chi connectivity index (χ1n) is 7.18. The Balaban J connectivity index is 2.04. The summed E-state index contributed by atoms with van der Waals surface area (Å²) in [5.74, 6) is -0.144. The summed E-state index contributed by atoms with van der Waals surface area (Å²) < 4.78 is 13.3. The van der Waals surface area contributed by atoms with Gasteiger partial charge in [-0.25, -0.2) is 4.39 Å². The normalized spacial score (nSPS) is 23.5. The zero-order valence-electron chi connectivity index (χ0n) is 12.2. The maximum atomic E-state index is 13.3. The molecule has 1 atom stereocenters. The van der Waals surface area contributed by atoms with Crippen LogP contribution in [0.25, 0.3) is 0 Å². The fourth-order valence-corrected chi connectivity index (χ4v) is 2.78. The highest BCUT2D eigenvalue weighted by molar-refractivity contribution is 5.16. The summed E-state index contributed by atoms with van der Waals surface area (Å²) in [6.45, 7) is 10.9. The maximum Gasteiger partial charge on any atom is 0.123 e. The van der Waals surface area contributed by atoms with E-state index in [1.54, 1.807) is 12.1 Å². The van der Waals surface area contributed by atoms with E-state index in [9.17, 15) is 4.39 Å². The van der Waals surface area contributed by atoms with E-state index in [1.807, 2.05) is 6.07 Å². The van der Waals surface area contributed by atoms with Crippen LogP contribution in [0.15, 0.2) is 24.3 Å². The molecule has 0 radical (unpaired) electrons. The second-order valence-electron chi connectivity index (χ2n) is 6.37. The van der Waals surface area contributed by atoms with Crippen molar-refractivity contribution in [2.75, 3.05) is 19.6 Å². The van der Waals surface area contributed by atoms with Gasteiger partial charge >= 0.3 is 0 Å². The van der Waals surface area contributed by atoms with E-state index < -0.39 is 0 Å². The molecule has 0 saturated carbocycles. The third-order valence-corrected chi connectivity index (χ3v) is 4.05. The molecular formula is C16H25FN2. The van der Waals surface area contributed by atoms with Crippen molar-refractivity contribution in [1.29, 1.82) is 0 Å². The first-order chi connectivity index (χ1) is 8.98. The lowest BCUT2D eigenvalue weighted by molar-refractivity contribution is 0.137. The molecule has 1 aliphatic heterocycles. The topological polar surface area (TPSA) is 15.3 Å². The summed E-state index contributed by atoms with van der Waals surface area (Å²) in [5, 5.41) is 3.44. The Morgan fingerprint density at radius 2 is 2.21 bits per heavy atom. The van der Waals surface area contributed by atoms with Crippen LogP contribution in [0.1, 0.15) is 32.8 Å². The van der Waals surface area contributed by atoms with Gasteiger partial charge in [-0.1, -0.05) is 19.1 Å². The molecule has 0 aliphatic carbocycles. The van der Waals surface area contributed by atoms with E-state index in [4.69, 9.17) is 0 Å². The molecule has 106 valence electrons. The molecule has 1 aromatic rings. The van der Waals surface area contributed by atoms with Gasteiger partial charge in [0.2, 0.25) is 0 Å². The number of nitrogens with zero attached hydrogens (tertiary/aromatic N) is 1. The van der Waals surface area contributed by atoms with Crippen molar-refractivity contribution >= 4 is 0 Å². The third-order valence-electron chi connectivity index (χ3n) is 4.05. The SMILES string of the molecule is CC(C)N(Cc1cccc(F)c1)CC1(C)CCNC1.